The highest BCUT2D eigenvalue weighted by Gasteiger charge is 2.06. The smallest absolute Gasteiger partial charge is 0.165 e. The Kier molecular flexibility index (Phi) is 4.30. The molecule has 0 aliphatic carbocycles. The average Bonchev–Trinajstić information content (AvgIpc) is 2.80. The molecule has 1 N–H and O–H groups in total. The molecule has 0 unspecified atom stereocenters. The molecular weight excluding hydrogens is 228 g/mol. The molecule has 0 fully saturated rings. The van der Waals surface area contributed by atoms with Crippen molar-refractivity contribution in [3.05, 3.63) is 36.4 Å². The Morgan fingerprint density at radius 1 is 1.39 bits per heavy atom. The number of hydrogen-bond acceptors (Lipinski definition) is 4. The third-order valence-corrected chi connectivity index (χ3v) is 2.53. The van der Waals surface area contributed by atoms with Gasteiger partial charge >= 0.3 is 0 Å². The highest BCUT2D eigenvalue weighted by molar-refractivity contribution is 5.33. The van der Waals surface area contributed by atoms with Gasteiger partial charge < -0.3 is 10.1 Å². The molecule has 0 radical (unpaired) electrons. The van der Waals surface area contributed by atoms with Crippen LogP contribution in [0.15, 0.2) is 30.9 Å². The minimum atomic E-state index is 0.744. The van der Waals surface area contributed by atoms with Crippen LogP contribution < -0.4 is 10.1 Å². The molecular formula is C13H18N4O. The predicted octanol–water partition coefficient (Wildman–Crippen LogP) is 2.20. The van der Waals surface area contributed by atoms with Crippen LogP contribution in [-0.2, 0) is 13.1 Å². The first-order valence-electron chi connectivity index (χ1n) is 6.11. The summed E-state index contributed by atoms with van der Waals surface area (Å²) in [4.78, 5) is 4.09. The van der Waals surface area contributed by atoms with Crippen molar-refractivity contribution in [1.29, 1.82) is 0 Å². The van der Waals surface area contributed by atoms with Gasteiger partial charge in [-0.1, -0.05) is 6.92 Å². The molecule has 18 heavy (non-hydrogen) atoms. The molecule has 2 rings (SSSR count). The van der Waals surface area contributed by atoms with Crippen LogP contribution in [-0.4, -0.2) is 21.8 Å². The van der Waals surface area contributed by atoms with Gasteiger partial charge in [0.2, 0.25) is 0 Å². The van der Waals surface area contributed by atoms with Crippen LogP contribution in [0.3, 0.4) is 0 Å². The van der Waals surface area contributed by atoms with E-state index in [9.17, 15) is 0 Å². The molecule has 2 heterocycles. The van der Waals surface area contributed by atoms with Gasteiger partial charge in [0.25, 0.3) is 0 Å². The van der Waals surface area contributed by atoms with Gasteiger partial charge in [-0.25, -0.2) is 0 Å². The van der Waals surface area contributed by atoms with Crippen LogP contribution in [0.1, 0.15) is 18.9 Å². The Balaban J connectivity index is 2.12. The summed E-state index contributed by atoms with van der Waals surface area (Å²) in [6.45, 7) is 3.77. The number of aromatic nitrogens is 3. The van der Waals surface area contributed by atoms with Gasteiger partial charge in [-0.3, -0.25) is 9.67 Å². The molecule has 0 bridgehead atoms. The molecule has 2 aromatic rings. The number of nitrogens with zero attached hydrogens (tertiary/aromatic N) is 3. The molecule has 0 spiro atoms. The van der Waals surface area contributed by atoms with Crippen LogP contribution in [0, 0.1) is 0 Å². The second-order valence-corrected chi connectivity index (χ2v) is 4.05. The van der Waals surface area contributed by atoms with Crippen LogP contribution in [0.2, 0.25) is 0 Å². The Bertz CT molecular complexity index is 495. The molecule has 0 aliphatic heterocycles. The number of nitrogens with one attached hydrogen (secondary N) is 1. The fourth-order valence-corrected chi connectivity index (χ4v) is 1.71. The maximum Gasteiger partial charge on any atom is 0.165 e. The summed E-state index contributed by atoms with van der Waals surface area (Å²) in [5, 5.41) is 7.34. The van der Waals surface area contributed by atoms with E-state index in [-0.39, 0.29) is 0 Å². The van der Waals surface area contributed by atoms with E-state index in [4.69, 9.17) is 4.74 Å². The lowest BCUT2D eigenvalue weighted by Gasteiger charge is -2.08. The van der Waals surface area contributed by atoms with Crippen molar-refractivity contribution in [2.45, 2.75) is 26.4 Å². The van der Waals surface area contributed by atoms with E-state index in [1.165, 1.54) is 0 Å². The zero-order chi connectivity index (χ0) is 12.8. The van der Waals surface area contributed by atoms with Crippen molar-refractivity contribution in [2.24, 2.45) is 0 Å². The lowest BCUT2D eigenvalue weighted by atomic mass is 10.2. The SMILES string of the molecule is CCCn1cc(Oc2cnccc2CNC)cn1. The summed E-state index contributed by atoms with van der Waals surface area (Å²) in [7, 11) is 1.91. The number of ether oxygens (including phenoxy) is 1. The molecule has 5 nitrogen and oxygen atoms in total. The lowest BCUT2D eigenvalue weighted by Crippen LogP contribution is -2.06. The van der Waals surface area contributed by atoms with Gasteiger partial charge in [0, 0.05) is 24.8 Å². The van der Waals surface area contributed by atoms with E-state index in [1.807, 2.05) is 24.0 Å². The fraction of sp³-hybridized carbons (Fsp3) is 0.385. The number of aryl methyl sites for hydroxylation is 1. The van der Waals surface area contributed by atoms with Crippen molar-refractivity contribution < 1.29 is 4.74 Å². The molecule has 0 saturated carbocycles. The molecule has 2 aromatic heterocycles. The summed E-state index contributed by atoms with van der Waals surface area (Å²) in [5.74, 6) is 1.51. The zero-order valence-corrected chi connectivity index (χ0v) is 10.8. The second-order valence-electron chi connectivity index (χ2n) is 4.05. The molecule has 96 valence electrons. The summed E-state index contributed by atoms with van der Waals surface area (Å²) < 4.78 is 7.68. The van der Waals surface area contributed by atoms with E-state index in [2.05, 4.69) is 22.3 Å². The van der Waals surface area contributed by atoms with Crippen molar-refractivity contribution >= 4 is 0 Å². The third kappa shape index (κ3) is 3.07. The van der Waals surface area contributed by atoms with E-state index in [0.717, 1.165) is 36.6 Å². The molecule has 0 aromatic carbocycles. The summed E-state index contributed by atoms with van der Waals surface area (Å²) >= 11 is 0. The largest absolute Gasteiger partial charge is 0.452 e. The van der Waals surface area contributed by atoms with E-state index >= 15 is 0 Å². The monoisotopic (exact) mass is 246 g/mol. The minimum absolute atomic E-state index is 0.744. The highest BCUT2D eigenvalue weighted by Crippen LogP contribution is 2.23. The van der Waals surface area contributed by atoms with Gasteiger partial charge in [0.15, 0.2) is 5.75 Å². The third-order valence-electron chi connectivity index (χ3n) is 2.53. The molecule has 0 saturated heterocycles. The van der Waals surface area contributed by atoms with Gasteiger partial charge in [-0.2, -0.15) is 5.10 Å². The first-order valence-corrected chi connectivity index (χ1v) is 6.11. The normalized spacial score (nSPS) is 10.6. The maximum absolute atomic E-state index is 5.80. The standard InChI is InChI=1S/C13H18N4O/c1-3-6-17-10-12(8-16-17)18-13-9-15-5-4-11(13)7-14-2/h4-5,8-10,14H,3,6-7H2,1-2H3. The summed E-state index contributed by atoms with van der Waals surface area (Å²) in [6, 6.07) is 1.95. The number of rotatable bonds is 6. The average molecular weight is 246 g/mol. The van der Waals surface area contributed by atoms with E-state index in [1.54, 1.807) is 18.6 Å². The van der Waals surface area contributed by atoms with Crippen molar-refractivity contribution in [3.63, 3.8) is 0 Å². The van der Waals surface area contributed by atoms with E-state index in [0.29, 0.717) is 0 Å². The molecule has 0 amide bonds. The number of hydrogen-bond donors (Lipinski definition) is 1. The van der Waals surface area contributed by atoms with Gasteiger partial charge in [-0.15, -0.1) is 0 Å². The van der Waals surface area contributed by atoms with Crippen LogP contribution >= 0.6 is 0 Å². The predicted molar refractivity (Wildman–Crippen MR) is 69.6 cm³/mol. The quantitative estimate of drug-likeness (QED) is 0.849. The fourth-order valence-electron chi connectivity index (χ4n) is 1.71. The second kappa shape index (κ2) is 6.16. The molecule has 0 atom stereocenters. The van der Waals surface area contributed by atoms with Crippen LogP contribution in [0.25, 0.3) is 0 Å². The zero-order valence-electron chi connectivity index (χ0n) is 10.8. The first kappa shape index (κ1) is 12.6. The molecule has 0 aliphatic rings. The first-order chi connectivity index (χ1) is 8.83. The van der Waals surface area contributed by atoms with Crippen molar-refractivity contribution in [2.75, 3.05) is 7.05 Å². The van der Waals surface area contributed by atoms with Crippen molar-refractivity contribution in [3.8, 4) is 11.5 Å². The Morgan fingerprint density at radius 3 is 3.06 bits per heavy atom. The molecule has 5 heteroatoms. The topological polar surface area (TPSA) is 52.0 Å². The lowest BCUT2D eigenvalue weighted by molar-refractivity contribution is 0.470. The Labute approximate surface area is 107 Å². The Hall–Kier alpha value is -1.88. The van der Waals surface area contributed by atoms with Crippen molar-refractivity contribution in [1.82, 2.24) is 20.1 Å². The van der Waals surface area contributed by atoms with Crippen LogP contribution in [0.5, 0.6) is 11.5 Å². The van der Waals surface area contributed by atoms with E-state index < -0.39 is 0 Å². The minimum Gasteiger partial charge on any atom is -0.452 e. The maximum atomic E-state index is 5.80. The van der Waals surface area contributed by atoms with Crippen LogP contribution in [0.4, 0.5) is 0 Å². The summed E-state index contributed by atoms with van der Waals surface area (Å²) in [5.41, 5.74) is 1.08. The highest BCUT2D eigenvalue weighted by atomic mass is 16.5. The number of pyridine rings is 1. The summed E-state index contributed by atoms with van der Waals surface area (Å²) in [6.07, 6.45) is 8.17. The van der Waals surface area contributed by atoms with Gasteiger partial charge in [0.05, 0.1) is 18.6 Å². The van der Waals surface area contributed by atoms with Gasteiger partial charge in [-0.05, 0) is 19.5 Å². The van der Waals surface area contributed by atoms with Gasteiger partial charge in [0.1, 0.15) is 5.75 Å². The Morgan fingerprint density at radius 2 is 2.28 bits per heavy atom.